The number of thiophene rings is 1. The van der Waals surface area contributed by atoms with Crippen LogP contribution in [-0.2, 0) is 0 Å². The van der Waals surface area contributed by atoms with E-state index in [-0.39, 0.29) is 0 Å². The number of para-hydroxylation sites is 3. The highest BCUT2D eigenvalue weighted by atomic mass is 32.1. The van der Waals surface area contributed by atoms with Gasteiger partial charge in [-0.25, -0.2) is 15.0 Å². The fourth-order valence-electron chi connectivity index (χ4n) is 16.9. The Labute approximate surface area is 682 Å². The quantitative estimate of drug-likeness (QED) is 0.128. The molecule has 118 heavy (non-hydrogen) atoms. The van der Waals surface area contributed by atoms with Gasteiger partial charge >= 0.3 is 0 Å². The van der Waals surface area contributed by atoms with Gasteiger partial charge in [-0.3, -0.25) is 14.1 Å². The SMILES string of the molecule is c1ccc(-c2cc(-c3ccccc3)nc(-n3c4ccccc4c4c5oc(-c6ccccc6)cc5ccc43)c2)cc1.c1ccc(-c2cc(-c3ccccc3)nc(-n3c4ccccc4c4c5oc(-c6ccccc6)cc5ccc43)n2)cc1.c1ccc(-c2cc3ccc4c(c5ccccc5n4-c4cccc(-c5cc6ccccc6cn5)c4)c3s2)cc1. The molecule has 0 aliphatic carbocycles. The molecule has 0 amide bonds. The molecular formula is C108H69N7O2S. The maximum atomic E-state index is 6.58. The molecule has 0 N–H and O–H groups in total. The fraction of sp³-hybridized carbons (Fsp3) is 0. The van der Waals surface area contributed by atoms with E-state index < -0.39 is 0 Å². The van der Waals surface area contributed by atoms with Crippen LogP contribution in [0.1, 0.15) is 0 Å². The first-order valence-electron chi connectivity index (χ1n) is 39.6. The molecule has 0 spiro atoms. The molecule has 0 atom stereocenters. The summed E-state index contributed by atoms with van der Waals surface area (Å²) in [5.74, 6) is 3.23. The van der Waals surface area contributed by atoms with Gasteiger partial charge in [0.2, 0.25) is 5.95 Å². The molecule has 9 aromatic heterocycles. The fourth-order valence-corrected chi connectivity index (χ4v) is 18.1. The first kappa shape index (κ1) is 69.1. The Hall–Kier alpha value is -15.6. The maximum Gasteiger partial charge on any atom is 0.235 e. The number of nitrogens with zero attached hydrogens (tertiary/aromatic N) is 7. The van der Waals surface area contributed by atoms with Gasteiger partial charge in [-0.05, 0) is 131 Å². The second kappa shape index (κ2) is 29.4. The van der Waals surface area contributed by atoms with Crippen LogP contribution in [0.3, 0.4) is 0 Å². The summed E-state index contributed by atoms with van der Waals surface area (Å²) in [6.07, 6.45) is 1.97. The van der Waals surface area contributed by atoms with Crippen molar-refractivity contribution in [2.75, 3.05) is 0 Å². The van der Waals surface area contributed by atoms with Crippen molar-refractivity contribution in [1.82, 2.24) is 33.6 Å². The van der Waals surface area contributed by atoms with E-state index in [1.807, 2.05) is 96.4 Å². The van der Waals surface area contributed by atoms with Crippen LogP contribution in [0.25, 0.3) is 215 Å². The van der Waals surface area contributed by atoms with Crippen LogP contribution < -0.4 is 0 Å². The third-order valence-electron chi connectivity index (χ3n) is 22.4. The molecule has 0 bridgehead atoms. The molecular weight excluding hydrogens is 1460 g/mol. The van der Waals surface area contributed by atoms with E-state index in [1.165, 1.54) is 47.7 Å². The Kier molecular flexibility index (Phi) is 17.2. The third-order valence-corrected chi connectivity index (χ3v) is 23.7. The number of furan rings is 2. The number of hydrogen-bond donors (Lipinski definition) is 0. The number of aromatic nitrogens is 7. The molecule has 0 aliphatic heterocycles. The van der Waals surface area contributed by atoms with E-state index in [4.69, 9.17) is 28.8 Å². The molecule has 9 heterocycles. The highest BCUT2D eigenvalue weighted by molar-refractivity contribution is 7.23. The van der Waals surface area contributed by atoms with E-state index >= 15 is 0 Å². The molecule has 0 aliphatic rings. The molecule has 24 aromatic rings. The van der Waals surface area contributed by atoms with Gasteiger partial charge in [-0.2, -0.15) is 0 Å². The van der Waals surface area contributed by atoms with Crippen LogP contribution in [0.2, 0.25) is 0 Å². The van der Waals surface area contributed by atoms with Gasteiger partial charge in [0, 0.05) is 92.5 Å². The molecule has 0 saturated heterocycles. The molecule has 554 valence electrons. The van der Waals surface area contributed by atoms with Crippen LogP contribution >= 0.6 is 11.3 Å². The van der Waals surface area contributed by atoms with Crippen molar-refractivity contribution in [3.05, 3.63) is 419 Å². The zero-order valence-electron chi connectivity index (χ0n) is 63.7. The lowest BCUT2D eigenvalue weighted by Crippen LogP contribution is -2.03. The van der Waals surface area contributed by atoms with E-state index in [0.29, 0.717) is 5.95 Å². The summed E-state index contributed by atoms with van der Waals surface area (Å²) in [5.41, 5.74) is 23.2. The highest BCUT2D eigenvalue weighted by Crippen LogP contribution is 2.46. The Bertz CT molecular complexity index is 7480. The number of fused-ring (bicyclic) bond motifs is 16. The summed E-state index contributed by atoms with van der Waals surface area (Å²) in [7, 11) is 0. The van der Waals surface area contributed by atoms with Crippen molar-refractivity contribution in [2.24, 2.45) is 0 Å². The molecule has 0 radical (unpaired) electrons. The summed E-state index contributed by atoms with van der Waals surface area (Å²) in [4.78, 5) is 21.6. The lowest BCUT2D eigenvalue weighted by Gasteiger charge is -2.13. The largest absolute Gasteiger partial charge is 0.455 e. The number of benzene rings is 15. The van der Waals surface area contributed by atoms with Crippen LogP contribution in [0.5, 0.6) is 0 Å². The average molecular weight is 1530 g/mol. The van der Waals surface area contributed by atoms with Gasteiger partial charge < -0.3 is 13.4 Å². The summed E-state index contributed by atoms with van der Waals surface area (Å²) >= 11 is 1.88. The first-order valence-corrected chi connectivity index (χ1v) is 40.4. The van der Waals surface area contributed by atoms with Gasteiger partial charge in [0.15, 0.2) is 0 Å². The Balaban J connectivity index is 0.000000107. The smallest absolute Gasteiger partial charge is 0.235 e. The number of rotatable bonds is 11. The number of pyridine rings is 2. The van der Waals surface area contributed by atoms with Gasteiger partial charge in [0.25, 0.3) is 0 Å². The summed E-state index contributed by atoms with van der Waals surface area (Å²) < 4.78 is 21.3. The average Bonchev–Trinajstić information content (AvgIpc) is 1.58. The van der Waals surface area contributed by atoms with Crippen molar-refractivity contribution in [2.45, 2.75) is 0 Å². The highest BCUT2D eigenvalue weighted by Gasteiger charge is 2.25. The van der Waals surface area contributed by atoms with Gasteiger partial charge in [-0.1, -0.05) is 309 Å². The molecule has 10 heteroatoms. The standard InChI is InChI=1S/C37H24N2O.C36H23N3O.C35H22N2S/c1-4-12-25(13-5-1)29-22-31(26-14-6-2-7-15-26)38-35(24-29)39-32-19-11-10-18-30(32)36-33(39)21-20-28-23-34(40-37(28)36)27-16-8-3-9-17-27;1-4-12-24(13-5-1)29-23-30(25-14-6-2-7-15-25)38-36(37-29)39-31-19-11-10-18-28(31)34-32(39)21-20-27-22-33(40-35(27)34)26-16-8-3-9-17-26;1-2-9-23(10-3-1)33-21-26-17-18-32-34(35(26)38-33)29-15-6-7-16-31(29)37(32)28-14-8-13-25(19-28)30-20-24-11-4-5-12-27(24)22-36-30/h1-24H;1-23H;1-22H. The maximum absolute atomic E-state index is 6.58. The van der Waals surface area contributed by atoms with Crippen LogP contribution in [0, 0.1) is 0 Å². The lowest BCUT2D eigenvalue weighted by atomic mass is 10.0. The van der Waals surface area contributed by atoms with Crippen LogP contribution in [0.4, 0.5) is 0 Å². The van der Waals surface area contributed by atoms with E-state index in [9.17, 15) is 0 Å². The topological polar surface area (TPSA) is 92.6 Å². The Morgan fingerprint density at radius 1 is 0.237 bits per heavy atom. The minimum Gasteiger partial charge on any atom is -0.455 e. The normalized spacial score (nSPS) is 11.6. The predicted molar refractivity (Wildman–Crippen MR) is 489 cm³/mol. The predicted octanol–water partition coefficient (Wildman–Crippen LogP) is 29.1. The van der Waals surface area contributed by atoms with Crippen molar-refractivity contribution in [3.8, 4) is 107 Å². The molecule has 0 fully saturated rings. The van der Waals surface area contributed by atoms with E-state index in [0.717, 1.165) is 161 Å². The minimum atomic E-state index is 0.626. The Morgan fingerprint density at radius 2 is 0.661 bits per heavy atom. The minimum absolute atomic E-state index is 0.626. The summed E-state index contributed by atoms with van der Waals surface area (Å²) in [5, 5.41) is 12.8. The Morgan fingerprint density at radius 3 is 1.21 bits per heavy atom. The summed E-state index contributed by atoms with van der Waals surface area (Å²) in [6, 6.07) is 144. The molecule has 0 saturated carbocycles. The van der Waals surface area contributed by atoms with E-state index in [2.05, 4.69) is 347 Å². The molecule has 15 aromatic carbocycles. The van der Waals surface area contributed by atoms with E-state index in [1.54, 1.807) is 0 Å². The van der Waals surface area contributed by atoms with Gasteiger partial charge in [0.1, 0.15) is 28.5 Å². The zero-order valence-corrected chi connectivity index (χ0v) is 64.5. The third kappa shape index (κ3) is 12.4. The molecule has 0 unspecified atom stereocenters. The summed E-state index contributed by atoms with van der Waals surface area (Å²) in [6.45, 7) is 0. The van der Waals surface area contributed by atoms with Crippen LogP contribution in [-0.4, -0.2) is 33.6 Å². The van der Waals surface area contributed by atoms with Crippen molar-refractivity contribution >= 4 is 120 Å². The van der Waals surface area contributed by atoms with Crippen molar-refractivity contribution in [1.29, 1.82) is 0 Å². The second-order valence-corrected chi connectivity index (χ2v) is 30.6. The second-order valence-electron chi connectivity index (χ2n) is 29.6. The van der Waals surface area contributed by atoms with Crippen molar-refractivity contribution < 1.29 is 8.83 Å². The van der Waals surface area contributed by atoms with Crippen LogP contribution in [0.15, 0.2) is 428 Å². The first-order chi connectivity index (χ1) is 58.5. The lowest BCUT2D eigenvalue weighted by molar-refractivity contribution is 0.635. The molecule has 24 rings (SSSR count). The number of hydrogen-bond acceptors (Lipinski definition) is 7. The van der Waals surface area contributed by atoms with Gasteiger partial charge in [0.05, 0.1) is 66.6 Å². The zero-order chi connectivity index (χ0) is 78.0. The van der Waals surface area contributed by atoms with Gasteiger partial charge in [-0.15, -0.1) is 11.3 Å². The van der Waals surface area contributed by atoms with Crippen molar-refractivity contribution in [3.63, 3.8) is 0 Å². The molecule has 9 nitrogen and oxygen atoms in total. The monoisotopic (exact) mass is 1530 g/mol.